The molecule has 0 unspecified atom stereocenters. The molecule has 2 aliphatic rings. The highest BCUT2D eigenvalue weighted by molar-refractivity contribution is 5.66. The summed E-state index contributed by atoms with van der Waals surface area (Å²) < 4.78 is 11.4. The van der Waals surface area contributed by atoms with E-state index in [9.17, 15) is 0 Å². The van der Waals surface area contributed by atoms with Crippen molar-refractivity contribution >= 4 is 5.69 Å². The standard InChI is InChI=1S/C25H26N2O2/c1-28-21-9-7-19(8-10-21)14-27-18-25(16-26-17-25)23-12-11-22(13-24(23)27)29-15-20-5-3-2-4-6-20/h2-13,26H,14-18H2,1H3. The van der Waals surface area contributed by atoms with Crippen molar-refractivity contribution in [3.05, 3.63) is 89.5 Å². The number of rotatable bonds is 6. The van der Waals surface area contributed by atoms with E-state index in [1.54, 1.807) is 7.11 Å². The van der Waals surface area contributed by atoms with Crippen LogP contribution in [0.2, 0.25) is 0 Å². The Morgan fingerprint density at radius 2 is 1.66 bits per heavy atom. The van der Waals surface area contributed by atoms with Gasteiger partial charge in [0.15, 0.2) is 0 Å². The Kier molecular flexibility index (Phi) is 4.64. The predicted octanol–water partition coefficient (Wildman–Crippen LogP) is 4.14. The maximum atomic E-state index is 6.11. The van der Waals surface area contributed by atoms with Crippen molar-refractivity contribution < 1.29 is 9.47 Å². The van der Waals surface area contributed by atoms with Crippen molar-refractivity contribution in [3.8, 4) is 11.5 Å². The lowest BCUT2D eigenvalue weighted by Gasteiger charge is -2.40. The fourth-order valence-corrected chi connectivity index (χ4v) is 4.41. The second-order valence-electron chi connectivity index (χ2n) is 8.04. The van der Waals surface area contributed by atoms with Crippen LogP contribution in [0, 0.1) is 0 Å². The predicted molar refractivity (Wildman–Crippen MR) is 116 cm³/mol. The van der Waals surface area contributed by atoms with Crippen LogP contribution in [0.3, 0.4) is 0 Å². The Morgan fingerprint density at radius 1 is 0.897 bits per heavy atom. The molecule has 29 heavy (non-hydrogen) atoms. The lowest BCUT2D eigenvalue weighted by molar-refractivity contribution is 0.294. The summed E-state index contributed by atoms with van der Waals surface area (Å²) in [4.78, 5) is 2.49. The number of nitrogens with zero attached hydrogens (tertiary/aromatic N) is 1. The molecule has 0 atom stereocenters. The lowest BCUT2D eigenvalue weighted by atomic mass is 9.77. The molecule has 2 aliphatic heterocycles. The maximum absolute atomic E-state index is 6.11. The number of methoxy groups -OCH3 is 1. The summed E-state index contributed by atoms with van der Waals surface area (Å²) in [5.41, 5.74) is 5.45. The summed E-state index contributed by atoms with van der Waals surface area (Å²) in [5.74, 6) is 1.82. The number of benzene rings is 3. The third-order valence-electron chi connectivity index (χ3n) is 6.08. The zero-order chi connectivity index (χ0) is 19.7. The van der Waals surface area contributed by atoms with Crippen molar-refractivity contribution in [1.29, 1.82) is 0 Å². The van der Waals surface area contributed by atoms with E-state index in [1.807, 2.05) is 30.3 Å². The first-order valence-corrected chi connectivity index (χ1v) is 10.2. The van der Waals surface area contributed by atoms with Gasteiger partial charge < -0.3 is 19.7 Å². The summed E-state index contributed by atoms with van der Waals surface area (Å²) in [6.45, 7) is 4.61. The molecule has 1 saturated heterocycles. The molecule has 1 spiro atoms. The van der Waals surface area contributed by atoms with E-state index in [2.05, 4.69) is 52.7 Å². The molecule has 0 aliphatic carbocycles. The number of fused-ring (bicyclic) bond motifs is 2. The highest BCUT2D eigenvalue weighted by Crippen LogP contribution is 2.45. The van der Waals surface area contributed by atoms with Crippen molar-refractivity contribution in [2.45, 2.75) is 18.6 Å². The fourth-order valence-electron chi connectivity index (χ4n) is 4.41. The highest BCUT2D eigenvalue weighted by Gasteiger charge is 2.47. The SMILES string of the molecule is COc1ccc(CN2CC3(CNC3)c3ccc(OCc4ccccc4)cc32)cc1. The molecule has 0 saturated carbocycles. The molecule has 148 valence electrons. The normalized spacial score (nSPS) is 16.4. The van der Waals surface area contributed by atoms with Crippen LogP contribution in [-0.4, -0.2) is 26.7 Å². The summed E-state index contributed by atoms with van der Waals surface area (Å²) in [6, 6.07) is 25.3. The van der Waals surface area contributed by atoms with E-state index >= 15 is 0 Å². The van der Waals surface area contributed by atoms with Crippen molar-refractivity contribution in [1.82, 2.24) is 5.32 Å². The Balaban J connectivity index is 1.38. The van der Waals surface area contributed by atoms with E-state index in [0.717, 1.165) is 37.7 Å². The molecule has 4 nitrogen and oxygen atoms in total. The average Bonchev–Trinajstić information content (AvgIpc) is 3.08. The van der Waals surface area contributed by atoms with Crippen LogP contribution < -0.4 is 19.7 Å². The van der Waals surface area contributed by atoms with Gasteiger partial charge in [0.05, 0.1) is 7.11 Å². The summed E-state index contributed by atoms with van der Waals surface area (Å²) >= 11 is 0. The van der Waals surface area contributed by atoms with Gasteiger partial charge in [-0.05, 0) is 34.9 Å². The molecule has 3 aromatic carbocycles. The van der Waals surface area contributed by atoms with Gasteiger partial charge in [0, 0.05) is 43.3 Å². The summed E-state index contributed by atoms with van der Waals surface area (Å²) in [6.07, 6.45) is 0. The van der Waals surface area contributed by atoms with Gasteiger partial charge >= 0.3 is 0 Å². The van der Waals surface area contributed by atoms with Crippen LogP contribution in [0.1, 0.15) is 16.7 Å². The van der Waals surface area contributed by atoms with E-state index < -0.39 is 0 Å². The molecular weight excluding hydrogens is 360 g/mol. The van der Waals surface area contributed by atoms with Gasteiger partial charge in [-0.1, -0.05) is 48.5 Å². The largest absolute Gasteiger partial charge is 0.497 e. The van der Waals surface area contributed by atoms with Crippen molar-refractivity contribution in [2.24, 2.45) is 0 Å². The third-order valence-corrected chi connectivity index (χ3v) is 6.08. The Morgan fingerprint density at radius 3 is 2.34 bits per heavy atom. The second-order valence-corrected chi connectivity index (χ2v) is 8.04. The number of ether oxygens (including phenoxy) is 2. The maximum Gasteiger partial charge on any atom is 0.121 e. The molecule has 0 radical (unpaired) electrons. The first kappa shape index (κ1) is 18.1. The molecular formula is C25H26N2O2. The quantitative estimate of drug-likeness (QED) is 0.691. The zero-order valence-corrected chi connectivity index (χ0v) is 16.7. The molecule has 2 heterocycles. The van der Waals surface area contributed by atoms with E-state index in [-0.39, 0.29) is 5.41 Å². The molecule has 0 bridgehead atoms. The molecule has 3 aromatic rings. The van der Waals surface area contributed by atoms with Crippen LogP contribution in [0.5, 0.6) is 11.5 Å². The lowest BCUT2D eigenvalue weighted by Crippen LogP contribution is -2.58. The van der Waals surface area contributed by atoms with Crippen molar-refractivity contribution in [2.75, 3.05) is 31.6 Å². The zero-order valence-electron chi connectivity index (χ0n) is 16.7. The molecule has 0 aromatic heterocycles. The van der Waals surface area contributed by atoms with Crippen molar-refractivity contribution in [3.63, 3.8) is 0 Å². The van der Waals surface area contributed by atoms with Crippen LogP contribution in [0.25, 0.3) is 0 Å². The number of anilines is 1. The topological polar surface area (TPSA) is 33.7 Å². The van der Waals surface area contributed by atoms with Gasteiger partial charge in [0.1, 0.15) is 18.1 Å². The minimum atomic E-state index is 0.236. The second kappa shape index (κ2) is 7.45. The van der Waals surface area contributed by atoms with Crippen LogP contribution in [0.4, 0.5) is 5.69 Å². The number of hydrogen-bond acceptors (Lipinski definition) is 4. The van der Waals surface area contributed by atoms with E-state index in [1.165, 1.54) is 22.4 Å². The van der Waals surface area contributed by atoms with Gasteiger partial charge in [-0.25, -0.2) is 0 Å². The number of nitrogens with one attached hydrogen (secondary N) is 1. The van der Waals surface area contributed by atoms with E-state index in [4.69, 9.17) is 9.47 Å². The minimum absolute atomic E-state index is 0.236. The van der Waals surface area contributed by atoms with Gasteiger partial charge in [-0.15, -0.1) is 0 Å². The first-order valence-electron chi connectivity index (χ1n) is 10.2. The molecule has 1 fully saturated rings. The minimum Gasteiger partial charge on any atom is -0.497 e. The fraction of sp³-hybridized carbons (Fsp3) is 0.280. The smallest absolute Gasteiger partial charge is 0.121 e. The molecule has 4 heteroatoms. The monoisotopic (exact) mass is 386 g/mol. The average molecular weight is 386 g/mol. The summed E-state index contributed by atoms with van der Waals surface area (Å²) in [5, 5.41) is 3.47. The van der Waals surface area contributed by atoms with Gasteiger partial charge in [-0.2, -0.15) is 0 Å². The van der Waals surface area contributed by atoms with Gasteiger partial charge in [-0.3, -0.25) is 0 Å². The molecule has 1 N–H and O–H groups in total. The van der Waals surface area contributed by atoms with Crippen LogP contribution >= 0.6 is 0 Å². The van der Waals surface area contributed by atoms with Gasteiger partial charge in [0.2, 0.25) is 0 Å². The molecule has 0 amide bonds. The summed E-state index contributed by atoms with van der Waals surface area (Å²) in [7, 11) is 1.70. The number of hydrogen-bond donors (Lipinski definition) is 1. The Hall–Kier alpha value is -2.98. The van der Waals surface area contributed by atoms with E-state index in [0.29, 0.717) is 6.61 Å². The Bertz CT molecular complexity index is 981. The van der Waals surface area contributed by atoms with Gasteiger partial charge in [0.25, 0.3) is 0 Å². The van der Waals surface area contributed by atoms with Crippen LogP contribution in [0.15, 0.2) is 72.8 Å². The van der Waals surface area contributed by atoms with Crippen LogP contribution in [-0.2, 0) is 18.6 Å². The third kappa shape index (κ3) is 3.45. The Labute approximate surface area is 172 Å². The first-order chi connectivity index (χ1) is 14.3. The molecule has 5 rings (SSSR count). The highest BCUT2D eigenvalue weighted by atomic mass is 16.5.